The fourth-order valence-corrected chi connectivity index (χ4v) is 5.26. The Balaban J connectivity index is 1.49. The van der Waals surface area contributed by atoms with E-state index in [4.69, 9.17) is 12.2 Å². The standard InChI is InChI=1S/C21H29FN4O3S/c22-13-4-6-14(7-5-13)26-18-15(12-16(27)19(28)17(18)24-21(26)30)20(29)23-8-11-25-9-2-1-3-10-25/h4-7,15-19,27-28H,1-3,8-12H2,(H,23,29)(H,24,30). The minimum Gasteiger partial charge on any atom is -0.390 e. The molecule has 4 rings (SSSR count). The van der Waals surface area contributed by atoms with Gasteiger partial charge in [-0.25, -0.2) is 4.39 Å². The third kappa shape index (κ3) is 4.30. The normalized spacial score (nSPS) is 31.9. The molecule has 5 atom stereocenters. The fraction of sp³-hybridized carbons (Fsp3) is 0.619. The highest BCUT2D eigenvalue weighted by atomic mass is 32.1. The number of anilines is 1. The van der Waals surface area contributed by atoms with Crippen LogP contribution in [0, 0.1) is 11.7 Å². The summed E-state index contributed by atoms with van der Waals surface area (Å²) in [7, 11) is 0. The Bertz CT molecular complexity index is 774. The number of hydrogen-bond donors (Lipinski definition) is 4. The zero-order chi connectivity index (χ0) is 21.3. The quantitative estimate of drug-likeness (QED) is 0.503. The molecule has 5 unspecified atom stereocenters. The first-order valence-electron chi connectivity index (χ1n) is 10.7. The molecule has 30 heavy (non-hydrogen) atoms. The summed E-state index contributed by atoms with van der Waals surface area (Å²) >= 11 is 5.46. The molecule has 3 aliphatic rings. The predicted molar refractivity (Wildman–Crippen MR) is 116 cm³/mol. The van der Waals surface area contributed by atoms with Crippen molar-refractivity contribution in [3.63, 3.8) is 0 Å². The molecule has 2 aliphatic heterocycles. The molecule has 0 aromatic heterocycles. The van der Waals surface area contributed by atoms with Gasteiger partial charge in [0.05, 0.1) is 24.1 Å². The van der Waals surface area contributed by atoms with Gasteiger partial charge < -0.3 is 30.6 Å². The summed E-state index contributed by atoms with van der Waals surface area (Å²) in [5.41, 5.74) is 0.649. The van der Waals surface area contributed by atoms with Crippen LogP contribution in [0.5, 0.6) is 0 Å². The number of fused-ring (bicyclic) bond motifs is 1. The van der Waals surface area contributed by atoms with Gasteiger partial charge in [0, 0.05) is 18.8 Å². The number of nitrogens with one attached hydrogen (secondary N) is 2. The molecule has 9 heteroatoms. The number of thiocarbonyl (C=S) groups is 1. The molecule has 0 radical (unpaired) electrons. The lowest BCUT2D eigenvalue weighted by Crippen LogP contribution is -2.61. The molecule has 1 amide bonds. The molecular formula is C21H29FN4O3S. The first-order valence-corrected chi connectivity index (χ1v) is 11.1. The smallest absolute Gasteiger partial charge is 0.225 e. The van der Waals surface area contributed by atoms with Crippen LogP contribution in [0.4, 0.5) is 10.1 Å². The van der Waals surface area contributed by atoms with Gasteiger partial charge in [-0.1, -0.05) is 6.42 Å². The van der Waals surface area contributed by atoms with E-state index in [0.29, 0.717) is 17.3 Å². The Labute approximate surface area is 181 Å². The average molecular weight is 437 g/mol. The summed E-state index contributed by atoms with van der Waals surface area (Å²) in [5, 5.41) is 27.3. The van der Waals surface area contributed by atoms with Crippen molar-refractivity contribution < 1.29 is 19.4 Å². The van der Waals surface area contributed by atoms with E-state index in [0.717, 1.165) is 19.6 Å². The van der Waals surface area contributed by atoms with Gasteiger partial charge >= 0.3 is 0 Å². The first-order chi connectivity index (χ1) is 14.5. The molecule has 3 fully saturated rings. The number of nitrogens with zero attached hydrogens (tertiary/aromatic N) is 2. The van der Waals surface area contributed by atoms with Crippen LogP contribution in [0.15, 0.2) is 24.3 Å². The number of amides is 1. The monoisotopic (exact) mass is 436 g/mol. The minimum atomic E-state index is -1.05. The number of benzene rings is 1. The van der Waals surface area contributed by atoms with E-state index in [2.05, 4.69) is 15.5 Å². The van der Waals surface area contributed by atoms with Crippen molar-refractivity contribution in [2.45, 2.75) is 50.0 Å². The molecule has 0 spiro atoms. The second kappa shape index (κ2) is 9.13. The van der Waals surface area contributed by atoms with Crippen molar-refractivity contribution in [3.05, 3.63) is 30.1 Å². The van der Waals surface area contributed by atoms with Crippen molar-refractivity contribution in [2.24, 2.45) is 5.92 Å². The van der Waals surface area contributed by atoms with Crippen LogP contribution in [-0.2, 0) is 4.79 Å². The van der Waals surface area contributed by atoms with Crippen molar-refractivity contribution in [1.29, 1.82) is 0 Å². The van der Waals surface area contributed by atoms with Crippen LogP contribution in [0.3, 0.4) is 0 Å². The average Bonchev–Trinajstić information content (AvgIpc) is 3.09. The summed E-state index contributed by atoms with van der Waals surface area (Å²) in [6.45, 7) is 3.47. The van der Waals surface area contributed by atoms with Gasteiger partial charge in [-0.05, 0) is 68.8 Å². The third-order valence-electron chi connectivity index (χ3n) is 6.46. The molecule has 4 N–H and O–H groups in total. The van der Waals surface area contributed by atoms with Crippen LogP contribution in [0.25, 0.3) is 0 Å². The fourth-order valence-electron chi connectivity index (χ4n) is 4.89. The van der Waals surface area contributed by atoms with Gasteiger partial charge in [-0.15, -0.1) is 0 Å². The van der Waals surface area contributed by atoms with Crippen molar-refractivity contribution in [2.75, 3.05) is 31.1 Å². The van der Waals surface area contributed by atoms with Gasteiger partial charge in [0.1, 0.15) is 11.9 Å². The van der Waals surface area contributed by atoms with E-state index in [1.54, 1.807) is 17.0 Å². The van der Waals surface area contributed by atoms with Crippen LogP contribution >= 0.6 is 12.2 Å². The zero-order valence-corrected chi connectivity index (χ0v) is 17.7. The number of likely N-dealkylation sites (tertiary alicyclic amines) is 1. The van der Waals surface area contributed by atoms with E-state index in [-0.39, 0.29) is 18.1 Å². The largest absolute Gasteiger partial charge is 0.390 e. The predicted octanol–water partition coefficient (Wildman–Crippen LogP) is 0.601. The number of aliphatic hydroxyl groups excluding tert-OH is 2. The molecule has 1 aliphatic carbocycles. The van der Waals surface area contributed by atoms with Crippen LogP contribution in [0.1, 0.15) is 25.7 Å². The minimum absolute atomic E-state index is 0.139. The molecule has 7 nitrogen and oxygen atoms in total. The molecular weight excluding hydrogens is 407 g/mol. The summed E-state index contributed by atoms with van der Waals surface area (Å²) < 4.78 is 13.4. The third-order valence-corrected chi connectivity index (χ3v) is 6.78. The number of carbonyl (C=O) groups excluding carboxylic acids is 1. The highest BCUT2D eigenvalue weighted by Gasteiger charge is 2.53. The van der Waals surface area contributed by atoms with E-state index >= 15 is 0 Å². The van der Waals surface area contributed by atoms with Gasteiger partial charge in [0.25, 0.3) is 0 Å². The zero-order valence-electron chi connectivity index (χ0n) is 16.8. The van der Waals surface area contributed by atoms with Crippen molar-refractivity contribution in [1.82, 2.24) is 15.5 Å². The second-order valence-corrected chi connectivity index (χ2v) is 8.79. The summed E-state index contributed by atoms with van der Waals surface area (Å²) in [5.74, 6) is -1.08. The first kappa shape index (κ1) is 21.4. The lowest BCUT2D eigenvalue weighted by Gasteiger charge is -2.41. The Morgan fingerprint density at radius 1 is 1.20 bits per heavy atom. The van der Waals surface area contributed by atoms with E-state index in [9.17, 15) is 19.4 Å². The van der Waals surface area contributed by atoms with Gasteiger partial charge in [-0.2, -0.15) is 0 Å². The highest BCUT2D eigenvalue weighted by molar-refractivity contribution is 7.80. The SMILES string of the molecule is O=C(NCCN1CCCCC1)C1CC(O)C(O)C2NC(=S)N(c3ccc(F)cc3)C12. The maximum atomic E-state index is 13.4. The molecule has 164 valence electrons. The van der Waals surface area contributed by atoms with Crippen LogP contribution in [0.2, 0.25) is 0 Å². The maximum absolute atomic E-state index is 13.4. The highest BCUT2D eigenvalue weighted by Crippen LogP contribution is 2.36. The second-order valence-electron chi connectivity index (χ2n) is 8.41. The Morgan fingerprint density at radius 3 is 2.60 bits per heavy atom. The van der Waals surface area contributed by atoms with E-state index < -0.39 is 30.2 Å². The van der Waals surface area contributed by atoms with Gasteiger partial charge in [0.15, 0.2) is 5.11 Å². The summed E-state index contributed by atoms with van der Waals surface area (Å²) in [6.07, 6.45) is 1.73. The molecule has 1 saturated carbocycles. The Kier molecular flexibility index (Phi) is 6.52. The van der Waals surface area contributed by atoms with Crippen LogP contribution in [-0.4, -0.2) is 76.6 Å². The van der Waals surface area contributed by atoms with E-state index in [1.165, 1.54) is 31.4 Å². The van der Waals surface area contributed by atoms with Crippen molar-refractivity contribution >= 4 is 28.9 Å². The van der Waals surface area contributed by atoms with Gasteiger partial charge in [0.2, 0.25) is 5.91 Å². The summed E-state index contributed by atoms with van der Waals surface area (Å²) in [6, 6.07) is 4.85. The lowest BCUT2D eigenvalue weighted by molar-refractivity contribution is -0.131. The molecule has 1 aromatic carbocycles. The van der Waals surface area contributed by atoms with Crippen molar-refractivity contribution in [3.8, 4) is 0 Å². The Morgan fingerprint density at radius 2 is 1.90 bits per heavy atom. The number of carbonyl (C=O) groups is 1. The summed E-state index contributed by atoms with van der Waals surface area (Å²) in [4.78, 5) is 17.2. The number of hydrogen-bond acceptors (Lipinski definition) is 5. The number of piperidine rings is 1. The molecule has 0 bridgehead atoms. The number of halogens is 1. The lowest BCUT2D eigenvalue weighted by atomic mass is 9.77. The molecule has 2 saturated heterocycles. The Hall–Kier alpha value is -1.81. The number of aliphatic hydroxyl groups is 2. The topological polar surface area (TPSA) is 88.1 Å². The molecule has 2 heterocycles. The number of rotatable bonds is 5. The molecule has 1 aromatic rings. The maximum Gasteiger partial charge on any atom is 0.225 e. The van der Waals surface area contributed by atoms with Crippen LogP contribution < -0.4 is 15.5 Å². The van der Waals surface area contributed by atoms with E-state index in [1.807, 2.05) is 0 Å². The van der Waals surface area contributed by atoms with Gasteiger partial charge in [-0.3, -0.25) is 4.79 Å².